The topological polar surface area (TPSA) is 71.0 Å². The zero-order valence-electron chi connectivity index (χ0n) is 19.0. The number of thioether (sulfide) groups is 1. The highest BCUT2D eigenvalue weighted by Gasteiger charge is 2.39. The van der Waals surface area contributed by atoms with E-state index in [1.165, 1.54) is 11.8 Å². The quantitative estimate of drug-likeness (QED) is 0.534. The van der Waals surface area contributed by atoms with Gasteiger partial charge in [-0.3, -0.25) is 14.5 Å². The number of hydrogen-bond donors (Lipinski definition) is 1. The lowest BCUT2D eigenvalue weighted by Crippen LogP contribution is -2.35. The molecule has 3 aromatic rings. The number of ether oxygens (including phenoxy) is 1. The van der Waals surface area contributed by atoms with Crippen molar-refractivity contribution in [1.29, 1.82) is 0 Å². The molecule has 0 radical (unpaired) electrons. The Labute approximate surface area is 198 Å². The SMILES string of the molecule is COCCN1C(=O)C(CC(=O)Nc2cccc3ccccc23)SC1=Nc1cc(C)cc(C)c1. The molecular formula is C26H27N3O3S. The van der Waals surface area contributed by atoms with E-state index in [1.807, 2.05) is 68.4 Å². The number of rotatable bonds is 7. The molecule has 1 aliphatic rings. The molecule has 7 heteroatoms. The van der Waals surface area contributed by atoms with Gasteiger partial charge < -0.3 is 10.1 Å². The van der Waals surface area contributed by atoms with Crippen molar-refractivity contribution in [2.75, 3.05) is 25.6 Å². The molecule has 1 unspecified atom stereocenters. The first-order valence-corrected chi connectivity index (χ1v) is 11.7. The van der Waals surface area contributed by atoms with E-state index < -0.39 is 5.25 Å². The fourth-order valence-corrected chi connectivity index (χ4v) is 5.13. The minimum atomic E-state index is -0.526. The average molecular weight is 462 g/mol. The average Bonchev–Trinajstić information content (AvgIpc) is 3.05. The second kappa shape index (κ2) is 10.2. The van der Waals surface area contributed by atoms with E-state index in [4.69, 9.17) is 9.73 Å². The van der Waals surface area contributed by atoms with E-state index in [1.54, 1.807) is 12.0 Å². The van der Waals surface area contributed by atoms with Gasteiger partial charge in [-0.15, -0.1) is 0 Å². The third kappa shape index (κ3) is 5.43. The molecule has 0 bridgehead atoms. The fourth-order valence-electron chi connectivity index (χ4n) is 3.94. The van der Waals surface area contributed by atoms with Crippen molar-refractivity contribution in [3.8, 4) is 0 Å². The van der Waals surface area contributed by atoms with Crippen LogP contribution in [-0.2, 0) is 14.3 Å². The molecule has 1 N–H and O–H groups in total. The first-order chi connectivity index (χ1) is 15.9. The summed E-state index contributed by atoms with van der Waals surface area (Å²) in [5, 5.41) is 5.08. The van der Waals surface area contributed by atoms with Crippen molar-refractivity contribution in [3.63, 3.8) is 0 Å². The molecule has 3 aromatic carbocycles. The second-order valence-electron chi connectivity index (χ2n) is 8.11. The van der Waals surface area contributed by atoms with Gasteiger partial charge in [0.1, 0.15) is 5.25 Å². The third-order valence-corrected chi connectivity index (χ3v) is 6.58. The normalized spacial score (nSPS) is 17.2. The van der Waals surface area contributed by atoms with Crippen molar-refractivity contribution in [3.05, 3.63) is 71.8 Å². The van der Waals surface area contributed by atoms with Crippen LogP contribution in [0.2, 0.25) is 0 Å². The molecule has 4 rings (SSSR count). The number of methoxy groups -OCH3 is 1. The van der Waals surface area contributed by atoms with Crippen LogP contribution in [0.1, 0.15) is 17.5 Å². The van der Waals surface area contributed by atoms with E-state index in [0.717, 1.165) is 33.3 Å². The number of fused-ring (bicyclic) bond motifs is 1. The van der Waals surface area contributed by atoms with E-state index in [2.05, 4.69) is 11.4 Å². The van der Waals surface area contributed by atoms with Crippen LogP contribution in [0.4, 0.5) is 11.4 Å². The molecule has 1 saturated heterocycles. The number of amidine groups is 1. The monoisotopic (exact) mass is 461 g/mol. The minimum absolute atomic E-state index is 0.0715. The molecule has 1 atom stereocenters. The lowest BCUT2D eigenvalue weighted by molar-refractivity contribution is -0.128. The van der Waals surface area contributed by atoms with E-state index >= 15 is 0 Å². The molecule has 0 aliphatic carbocycles. The molecule has 0 spiro atoms. The summed E-state index contributed by atoms with van der Waals surface area (Å²) >= 11 is 1.34. The van der Waals surface area contributed by atoms with Crippen LogP contribution in [0.3, 0.4) is 0 Å². The molecule has 2 amide bonds. The van der Waals surface area contributed by atoms with Crippen LogP contribution >= 0.6 is 11.8 Å². The molecule has 0 aromatic heterocycles. The van der Waals surface area contributed by atoms with E-state index in [0.29, 0.717) is 18.3 Å². The number of benzene rings is 3. The Bertz CT molecular complexity index is 1200. The van der Waals surface area contributed by atoms with Crippen molar-refractivity contribution in [1.82, 2.24) is 4.90 Å². The van der Waals surface area contributed by atoms with Crippen molar-refractivity contribution < 1.29 is 14.3 Å². The summed E-state index contributed by atoms with van der Waals surface area (Å²) in [6, 6.07) is 19.7. The van der Waals surface area contributed by atoms with Crippen LogP contribution in [0, 0.1) is 13.8 Å². The van der Waals surface area contributed by atoms with E-state index in [-0.39, 0.29) is 18.2 Å². The Morgan fingerprint density at radius 1 is 1.09 bits per heavy atom. The largest absolute Gasteiger partial charge is 0.383 e. The third-order valence-electron chi connectivity index (χ3n) is 5.40. The summed E-state index contributed by atoms with van der Waals surface area (Å²) < 4.78 is 5.19. The summed E-state index contributed by atoms with van der Waals surface area (Å²) in [6.07, 6.45) is 0.0715. The molecule has 170 valence electrons. The second-order valence-corrected chi connectivity index (χ2v) is 9.28. The van der Waals surface area contributed by atoms with Crippen molar-refractivity contribution in [2.24, 2.45) is 4.99 Å². The Kier molecular flexibility index (Phi) is 7.11. The highest BCUT2D eigenvalue weighted by molar-refractivity contribution is 8.15. The van der Waals surface area contributed by atoms with Gasteiger partial charge in [-0.1, -0.05) is 54.2 Å². The van der Waals surface area contributed by atoms with Gasteiger partial charge in [-0.05, 0) is 48.6 Å². The highest BCUT2D eigenvalue weighted by atomic mass is 32.2. The Hall–Kier alpha value is -3.16. The summed E-state index contributed by atoms with van der Waals surface area (Å²) in [5.41, 5.74) is 3.76. The summed E-state index contributed by atoms with van der Waals surface area (Å²) in [6.45, 7) is 4.83. The smallest absolute Gasteiger partial charge is 0.242 e. The number of amides is 2. The van der Waals surface area contributed by atoms with Crippen LogP contribution in [0.5, 0.6) is 0 Å². The van der Waals surface area contributed by atoms with Crippen molar-refractivity contribution >= 4 is 50.9 Å². The first kappa shape index (κ1) is 23.0. The highest BCUT2D eigenvalue weighted by Crippen LogP contribution is 2.32. The van der Waals surface area contributed by atoms with Gasteiger partial charge in [0.25, 0.3) is 0 Å². The van der Waals surface area contributed by atoms with Crippen LogP contribution in [0.15, 0.2) is 65.7 Å². The summed E-state index contributed by atoms with van der Waals surface area (Å²) in [4.78, 5) is 32.4. The number of nitrogens with zero attached hydrogens (tertiary/aromatic N) is 2. The number of aliphatic imine (C=N–C) groups is 1. The maximum atomic E-state index is 13.1. The zero-order valence-corrected chi connectivity index (χ0v) is 19.8. The molecule has 1 fully saturated rings. The first-order valence-electron chi connectivity index (χ1n) is 10.9. The van der Waals surface area contributed by atoms with Gasteiger partial charge in [-0.2, -0.15) is 0 Å². The predicted molar refractivity (Wildman–Crippen MR) is 135 cm³/mol. The van der Waals surface area contributed by atoms with Gasteiger partial charge in [0, 0.05) is 24.6 Å². The Balaban J connectivity index is 1.53. The summed E-state index contributed by atoms with van der Waals surface area (Å²) in [7, 11) is 1.60. The molecule has 1 heterocycles. The lowest BCUT2D eigenvalue weighted by atomic mass is 10.1. The number of carbonyl (C=O) groups is 2. The lowest BCUT2D eigenvalue weighted by Gasteiger charge is -2.16. The minimum Gasteiger partial charge on any atom is -0.383 e. The van der Waals surface area contributed by atoms with Gasteiger partial charge >= 0.3 is 0 Å². The van der Waals surface area contributed by atoms with Crippen LogP contribution < -0.4 is 5.32 Å². The number of nitrogens with one attached hydrogen (secondary N) is 1. The molecular weight excluding hydrogens is 434 g/mol. The van der Waals surface area contributed by atoms with Gasteiger partial charge in [0.15, 0.2) is 5.17 Å². The number of carbonyl (C=O) groups excluding carboxylic acids is 2. The fraction of sp³-hybridized carbons (Fsp3) is 0.269. The van der Waals surface area contributed by atoms with Crippen molar-refractivity contribution in [2.45, 2.75) is 25.5 Å². The maximum Gasteiger partial charge on any atom is 0.242 e. The molecule has 1 aliphatic heterocycles. The van der Waals surface area contributed by atoms with E-state index in [9.17, 15) is 9.59 Å². The Morgan fingerprint density at radius 2 is 1.82 bits per heavy atom. The molecule has 33 heavy (non-hydrogen) atoms. The zero-order chi connectivity index (χ0) is 23.4. The number of hydrogen-bond acceptors (Lipinski definition) is 5. The van der Waals surface area contributed by atoms with Gasteiger partial charge in [0.05, 0.1) is 18.8 Å². The molecule has 0 saturated carbocycles. The molecule has 6 nitrogen and oxygen atoms in total. The van der Waals surface area contributed by atoms with Gasteiger partial charge in [0.2, 0.25) is 11.8 Å². The predicted octanol–water partition coefficient (Wildman–Crippen LogP) is 5.06. The standard InChI is InChI=1S/C26H27N3O3S/c1-17-13-18(2)15-20(14-17)27-26-29(11-12-32-3)25(31)23(33-26)16-24(30)28-22-10-6-8-19-7-4-5-9-21(19)22/h4-10,13-15,23H,11-12,16H2,1-3H3,(H,28,30). The van der Waals surface area contributed by atoms with Crippen LogP contribution in [0.25, 0.3) is 10.8 Å². The van der Waals surface area contributed by atoms with Gasteiger partial charge in [-0.25, -0.2) is 4.99 Å². The maximum absolute atomic E-state index is 13.1. The Morgan fingerprint density at radius 3 is 2.58 bits per heavy atom. The number of aryl methyl sites for hydroxylation is 2. The van der Waals surface area contributed by atoms with Crippen LogP contribution in [-0.4, -0.2) is 47.4 Å². The summed E-state index contributed by atoms with van der Waals surface area (Å²) in [5.74, 6) is -0.315. The number of anilines is 1.